The van der Waals surface area contributed by atoms with E-state index in [0.29, 0.717) is 0 Å². The summed E-state index contributed by atoms with van der Waals surface area (Å²) in [5.74, 6) is 0. The smallest absolute Gasteiger partial charge is 0.0717 e. The maximum Gasteiger partial charge on any atom is 0.0717 e. The molecule has 0 atom stereocenters. The molecule has 1 fully saturated rings. The summed E-state index contributed by atoms with van der Waals surface area (Å²) in [5, 5.41) is 3.44. The predicted molar refractivity (Wildman–Crippen MR) is 83.8 cm³/mol. The van der Waals surface area contributed by atoms with Crippen LogP contribution in [0.3, 0.4) is 0 Å². The molecule has 1 N–H and O–H groups in total. The van der Waals surface area contributed by atoms with Crippen molar-refractivity contribution in [3.8, 4) is 0 Å². The van der Waals surface area contributed by atoms with Crippen molar-refractivity contribution in [1.29, 1.82) is 0 Å². The van der Waals surface area contributed by atoms with Gasteiger partial charge in [-0.1, -0.05) is 31.2 Å². The first-order valence-electron chi connectivity index (χ1n) is 7.97. The summed E-state index contributed by atoms with van der Waals surface area (Å²) < 4.78 is 5.80. The Morgan fingerprint density at radius 3 is 2.80 bits per heavy atom. The van der Waals surface area contributed by atoms with E-state index in [1.54, 1.807) is 0 Å². The first-order valence-corrected chi connectivity index (χ1v) is 7.97. The summed E-state index contributed by atoms with van der Waals surface area (Å²) in [6, 6.07) is 8.70. The van der Waals surface area contributed by atoms with Crippen molar-refractivity contribution in [2.45, 2.75) is 39.3 Å². The number of ether oxygens (including phenoxy) is 1. The summed E-state index contributed by atoms with van der Waals surface area (Å²) in [6.07, 6.45) is 3.89. The van der Waals surface area contributed by atoms with Crippen molar-refractivity contribution >= 4 is 0 Å². The van der Waals surface area contributed by atoms with Crippen molar-refractivity contribution in [3.63, 3.8) is 0 Å². The fourth-order valence-corrected chi connectivity index (χ4v) is 2.63. The summed E-state index contributed by atoms with van der Waals surface area (Å²) in [6.45, 7) is 9.39. The third-order valence-electron chi connectivity index (χ3n) is 3.77. The van der Waals surface area contributed by atoms with Gasteiger partial charge in [-0.15, -0.1) is 0 Å². The summed E-state index contributed by atoms with van der Waals surface area (Å²) >= 11 is 0. The lowest BCUT2D eigenvalue weighted by atomic mass is 10.1. The van der Waals surface area contributed by atoms with Gasteiger partial charge in [0.05, 0.1) is 13.2 Å². The highest BCUT2D eigenvalue weighted by molar-refractivity contribution is 5.22. The van der Waals surface area contributed by atoms with E-state index in [4.69, 9.17) is 4.74 Å². The fourth-order valence-electron chi connectivity index (χ4n) is 2.63. The van der Waals surface area contributed by atoms with Gasteiger partial charge in [0.1, 0.15) is 0 Å². The maximum absolute atomic E-state index is 5.80. The van der Waals surface area contributed by atoms with Gasteiger partial charge in [0.25, 0.3) is 0 Å². The highest BCUT2D eigenvalue weighted by Gasteiger charge is 2.10. The van der Waals surface area contributed by atoms with Gasteiger partial charge in [0.2, 0.25) is 0 Å². The Kier molecular flexibility index (Phi) is 7.06. The topological polar surface area (TPSA) is 24.5 Å². The van der Waals surface area contributed by atoms with Crippen molar-refractivity contribution in [3.05, 3.63) is 35.4 Å². The van der Waals surface area contributed by atoms with Gasteiger partial charge in [-0.05, 0) is 50.0 Å². The number of likely N-dealkylation sites (tertiary alicyclic amines) is 1. The molecule has 112 valence electrons. The van der Waals surface area contributed by atoms with Gasteiger partial charge in [0.15, 0.2) is 0 Å². The van der Waals surface area contributed by atoms with E-state index in [0.717, 1.165) is 32.8 Å². The van der Waals surface area contributed by atoms with Crippen LogP contribution in [0.1, 0.15) is 37.3 Å². The number of nitrogens with zero attached hydrogens (tertiary/aromatic N) is 1. The number of nitrogens with one attached hydrogen (secondary N) is 1. The third kappa shape index (κ3) is 5.61. The van der Waals surface area contributed by atoms with Gasteiger partial charge < -0.3 is 15.0 Å². The van der Waals surface area contributed by atoms with Crippen molar-refractivity contribution < 1.29 is 4.74 Å². The number of hydrogen-bond donors (Lipinski definition) is 1. The van der Waals surface area contributed by atoms with Crippen LogP contribution in [0.4, 0.5) is 0 Å². The van der Waals surface area contributed by atoms with E-state index < -0.39 is 0 Å². The van der Waals surface area contributed by atoms with E-state index in [1.807, 2.05) is 0 Å². The molecule has 0 aromatic heterocycles. The zero-order valence-corrected chi connectivity index (χ0v) is 12.7. The van der Waals surface area contributed by atoms with Gasteiger partial charge in [-0.2, -0.15) is 0 Å². The zero-order valence-electron chi connectivity index (χ0n) is 12.7. The van der Waals surface area contributed by atoms with E-state index in [1.165, 1.54) is 43.5 Å². The van der Waals surface area contributed by atoms with Crippen LogP contribution in [-0.2, 0) is 17.9 Å². The number of rotatable bonds is 9. The monoisotopic (exact) mass is 276 g/mol. The molecule has 3 nitrogen and oxygen atoms in total. The maximum atomic E-state index is 5.80. The molecular weight excluding hydrogens is 248 g/mol. The summed E-state index contributed by atoms with van der Waals surface area (Å²) in [5.41, 5.74) is 2.63. The summed E-state index contributed by atoms with van der Waals surface area (Å²) in [4.78, 5) is 2.49. The molecule has 1 aromatic carbocycles. The standard InChI is InChI=1S/C17H28N2O/c1-2-8-18-14-16-6-5-7-17(13-16)15-20-12-11-19-9-3-4-10-19/h5-7,13,18H,2-4,8-12,14-15H2,1H3. The van der Waals surface area contributed by atoms with Crippen molar-refractivity contribution in [2.24, 2.45) is 0 Å². The van der Waals surface area contributed by atoms with E-state index in [2.05, 4.69) is 41.4 Å². The van der Waals surface area contributed by atoms with Crippen LogP contribution in [0.15, 0.2) is 24.3 Å². The molecule has 1 aliphatic rings. The van der Waals surface area contributed by atoms with Crippen LogP contribution in [0.5, 0.6) is 0 Å². The van der Waals surface area contributed by atoms with E-state index in [-0.39, 0.29) is 0 Å². The Labute approximate surface area is 123 Å². The van der Waals surface area contributed by atoms with Crippen molar-refractivity contribution in [1.82, 2.24) is 10.2 Å². The average molecular weight is 276 g/mol. The van der Waals surface area contributed by atoms with Crippen LogP contribution >= 0.6 is 0 Å². The highest BCUT2D eigenvalue weighted by atomic mass is 16.5. The van der Waals surface area contributed by atoms with Gasteiger partial charge in [-0.25, -0.2) is 0 Å². The van der Waals surface area contributed by atoms with Crippen molar-refractivity contribution in [2.75, 3.05) is 32.8 Å². The average Bonchev–Trinajstić information content (AvgIpc) is 2.98. The lowest BCUT2D eigenvalue weighted by Gasteiger charge is -2.14. The highest BCUT2D eigenvalue weighted by Crippen LogP contribution is 2.08. The molecule has 0 amide bonds. The normalized spacial score (nSPS) is 15.8. The molecule has 1 saturated heterocycles. The largest absolute Gasteiger partial charge is 0.375 e. The Morgan fingerprint density at radius 1 is 1.20 bits per heavy atom. The van der Waals surface area contributed by atoms with Gasteiger partial charge in [0, 0.05) is 13.1 Å². The predicted octanol–water partition coefficient (Wildman–Crippen LogP) is 2.80. The second-order valence-corrected chi connectivity index (χ2v) is 5.60. The first kappa shape index (κ1) is 15.5. The fraction of sp³-hybridized carbons (Fsp3) is 0.647. The zero-order chi connectivity index (χ0) is 14.0. The molecule has 0 bridgehead atoms. The SMILES string of the molecule is CCCNCc1cccc(COCCN2CCCC2)c1. The molecule has 0 saturated carbocycles. The minimum absolute atomic E-state index is 0.732. The third-order valence-corrected chi connectivity index (χ3v) is 3.77. The molecular formula is C17H28N2O. The molecule has 0 unspecified atom stereocenters. The van der Waals surface area contributed by atoms with Gasteiger partial charge >= 0.3 is 0 Å². The van der Waals surface area contributed by atoms with Crippen LogP contribution < -0.4 is 5.32 Å². The summed E-state index contributed by atoms with van der Waals surface area (Å²) in [7, 11) is 0. The van der Waals surface area contributed by atoms with E-state index in [9.17, 15) is 0 Å². The first-order chi connectivity index (χ1) is 9.88. The second-order valence-electron chi connectivity index (χ2n) is 5.60. The van der Waals surface area contributed by atoms with E-state index >= 15 is 0 Å². The van der Waals surface area contributed by atoms with Crippen LogP contribution in [-0.4, -0.2) is 37.7 Å². The minimum Gasteiger partial charge on any atom is -0.375 e. The molecule has 1 heterocycles. The molecule has 1 aliphatic heterocycles. The Hall–Kier alpha value is -0.900. The number of benzene rings is 1. The Bertz CT molecular complexity index is 375. The molecule has 0 aliphatic carbocycles. The molecule has 2 rings (SSSR count). The Balaban J connectivity index is 1.65. The molecule has 1 aromatic rings. The van der Waals surface area contributed by atoms with Crippen LogP contribution in [0, 0.1) is 0 Å². The van der Waals surface area contributed by atoms with Crippen LogP contribution in [0.2, 0.25) is 0 Å². The molecule has 20 heavy (non-hydrogen) atoms. The number of hydrogen-bond acceptors (Lipinski definition) is 3. The van der Waals surface area contributed by atoms with Gasteiger partial charge in [-0.3, -0.25) is 0 Å². The quantitative estimate of drug-likeness (QED) is 0.702. The van der Waals surface area contributed by atoms with Crippen LogP contribution in [0.25, 0.3) is 0 Å². The minimum atomic E-state index is 0.732. The molecule has 0 radical (unpaired) electrons. The molecule has 0 spiro atoms. The lowest BCUT2D eigenvalue weighted by Crippen LogP contribution is -2.23. The second kappa shape index (κ2) is 9.11. The Morgan fingerprint density at radius 2 is 2.00 bits per heavy atom. The molecule has 3 heteroatoms. The lowest BCUT2D eigenvalue weighted by molar-refractivity contribution is 0.0992.